The molecule has 0 saturated carbocycles. The Morgan fingerprint density at radius 2 is 2.00 bits per heavy atom. The van der Waals surface area contributed by atoms with Gasteiger partial charge in [0.25, 0.3) is 0 Å². The van der Waals surface area contributed by atoms with E-state index in [0.717, 1.165) is 19.6 Å². The summed E-state index contributed by atoms with van der Waals surface area (Å²) in [4.78, 5) is 0. The van der Waals surface area contributed by atoms with E-state index in [4.69, 9.17) is 4.74 Å². The molecule has 0 heterocycles. The van der Waals surface area contributed by atoms with Crippen molar-refractivity contribution in [2.24, 2.45) is 5.41 Å². The lowest BCUT2D eigenvalue weighted by molar-refractivity contribution is 0.0866. The zero-order chi connectivity index (χ0) is 9.61. The summed E-state index contributed by atoms with van der Waals surface area (Å²) < 4.78 is 5.19. The number of rotatable bonds is 6. The van der Waals surface area contributed by atoms with Crippen molar-refractivity contribution in [3.63, 3.8) is 0 Å². The van der Waals surface area contributed by atoms with E-state index in [9.17, 15) is 0 Å². The maximum absolute atomic E-state index is 5.19. The van der Waals surface area contributed by atoms with Gasteiger partial charge >= 0.3 is 0 Å². The average molecular weight is 173 g/mol. The van der Waals surface area contributed by atoms with Crippen LogP contribution in [0.3, 0.4) is 0 Å². The quantitative estimate of drug-likeness (QED) is 0.663. The third-order valence-corrected chi connectivity index (χ3v) is 2.28. The van der Waals surface area contributed by atoms with Crippen LogP contribution in [0, 0.1) is 5.41 Å². The number of hydrogen-bond donors (Lipinski definition) is 1. The fraction of sp³-hybridized carbons (Fsp3) is 1.00. The molecule has 2 heteroatoms. The molecule has 0 aromatic carbocycles. The molecule has 0 bridgehead atoms. The molecule has 0 spiro atoms. The zero-order valence-corrected chi connectivity index (χ0v) is 9.11. The topological polar surface area (TPSA) is 21.3 Å². The van der Waals surface area contributed by atoms with Gasteiger partial charge in [-0.3, -0.25) is 0 Å². The van der Waals surface area contributed by atoms with Gasteiger partial charge in [-0.1, -0.05) is 27.7 Å². The highest BCUT2D eigenvalue weighted by molar-refractivity contribution is 4.75. The smallest absolute Gasteiger partial charge is 0.0528 e. The highest BCUT2D eigenvalue weighted by atomic mass is 16.5. The fourth-order valence-corrected chi connectivity index (χ4v) is 1.08. The molecule has 0 aromatic rings. The molecule has 0 aliphatic carbocycles. The van der Waals surface area contributed by atoms with E-state index in [-0.39, 0.29) is 0 Å². The molecule has 0 aliphatic rings. The van der Waals surface area contributed by atoms with Gasteiger partial charge in [-0.25, -0.2) is 0 Å². The van der Waals surface area contributed by atoms with Gasteiger partial charge in [0.1, 0.15) is 0 Å². The lowest BCUT2D eigenvalue weighted by Gasteiger charge is -2.28. The summed E-state index contributed by atoms with van der Waals surface area (Å²) >= 11 is 0. The van der Waals surface area contributed by atoms with Crippen LogP contribution in [-0.4, -0.2) is 26.3 Å². The molecule has 0 fully saturated rings. The zero-order valence-electron chi connectivity index (χ0n) is 9.11. The summed E-state index contributed by atoms with van der Waals surface area (Å²) in [6.45, 7) is 10.7. The Morgan fingerprint density at radius 1 is 1.42 bits per heavy atom. The summed E-state index contributed by atoms with van der Waals surface area (Å²) in [6, 6.07) is 0.563. The average Bonchev–Trinajstić information content (AvgIpc) is 2.02. The molecule has 0 saturated heterocycles. The van der Waals surface area contributed by atoms with E-state index in [0.29, 0.717) is 11.5 Å². The predicted octanol–water partition coefficient (Wildman–Crippen LogP) is 2.05. The van der Waals surface area contributed by atoms with Crippen molar-refractivity contribution in [2.45, 2.75) is 40.2 Å². The Kier molecular flexibility index (Phi) is 5.51. The van der Waals surface area contributed by atoms with Crippen molar-refractivity contribution < 1.29 is 4.74 Å². The molecule has 74 valence electrons. The number of nitrogens with one attached hydrogen (secondary N) is 1. The van der Waals surface area contributed by atoms with Crippen molar-refractivity contribution >= 4 is 0 Å². The van der Waals surface area contributed by atoms with Gasteiger partial charge in [0, 0.05) is 25.1 Å². The normalized spacial score (nSPS) is 16.5. The van der Waals surface area contributed by atoms with Gasteiger partial charge in [-0.2, -0.15) is 0 Å². The highest BCUT2D eigenvalue weighted by Gasteiger charge is 2.21. The van der Waals surface area contributed by atoms with Gasteiger partial charge in [0.2, 0.25) is 0 Å². The highest BCUT2D eigenvalue weighted by Crippen LogP contribution is 2.19. The molecular weight excluding hydrogens is 150 g/mol. The molecule has 0 rings (SSSR count). The minimum atomic E-state index is 0.291. The third-order valence-electron chi connectivity index (χ3n) is 2.28. The number of methoxy groups -OCH3 is 1. The largest absolute Gasteiger partial charge is 0.384 e. The third kappa shape index (κ3) is 4.73. The predicted molar refractivity (Wildman–Crippen MR) is 53.4 cm³/mol. The van der Waals surface area contributed by atoms with Crippen LogP contribution in [0.1, 0.15) is 34.1 Å². The first-order chi connectivity index (χ1) is 5.54. The lowest BCUT2D eigenvalue weighted by Crippen LogP contribution is -2.38. The van der Waals surface area contributed by atoms with Crippen LogP contribution in [0.5, 0.6) is 0 Å². The van der Waals surface area contributed by atoms with Crippen LogP contribution in [0.15, 0.2) is 0 Å². The summed E-state index contributed by atoms with van der Waals surface area (Å²) in [5, 5.41) is 3.44. The summed E-state index contributed by atoms with van der Waals surface area (Å²) in [5.74, 6) is 0. The van der Waals surface area contributed by atoms with Crippen molar-refractivity contribution in [1.82, 2.24) is 5.32 Å². The van der Waals surface area contributed by atoms with Crippen LogP contribution in [0.25, 0.3) is 0 Å². The monoisotopic (exact) mass is 173 g/mol. The summed E-state index contributed by atoms with van der Waals surface area (Å²) in [7, 11) is 1.77. The molecule has 0 aliphatic heterocycles. The maximum atomic E-state index is 5.19. The Labute approximate surface area is 76.7 Å². The number of hydrogen-bond acceptors (Lipinski definition) is 2. The molecule has 1 unspecified atom stereocenters. The van der Waals surface area contributed by atoms with Crippen LogP contribution in [-0.2, 0) is 4.74 Å². The Balaban J connectivity index is 3.78. The second-order valence-electron chi connectivity index (χ2n) is 4.13. The maximum Gasteiger partial charge on any atom is 0.0528 e. The van der Waals surface area contributed by atoms with Gasteiger partial charge in [0.15, 0.2) is 0 Å². The minimum Gasteiger partial charge on any atom is -0.384 e. The molecule has 1 atom stereocenters. The van der Waals surface area contributed by atoms with Gasteiger partial charge in [-0.15, -0.1) is 0 Å². The first kappa shape index (κ1) is 11.9. The lowest BCUT2D eigenvalue weighted by atomic mass is 9.88. The molecule has 0 radical (unpaired) electrons. The van der Waals surface area contributed by atoms with Crippen LogP contribution in [0.4, 0.5) is 0 Å². The summed E-state index contributed by atoms with van der Waals surface area (Å²) in [6.07, 6.45) is 1.15. The van der Waals surface area contributed by atoms with Gasteiger partial charge < -0.3 is 10.1 Å². The molecule has 0 aromatic heterocycles. The van der Waals surface area contributed by atoms with Crippen LogP contribution >= 0.6 is 0 Å². The van der Waals surface area contributed by atoms with Crippen molar-refractivity contribution in [2.75, 3.05) is 20.3 Å². The first-order valence-electron chi connectivity index (χ1n) is 4.76. The molecular formula is C10H23NO. The van der Waals surface area contributed by atoms with Gasteiger partial charge in [-0.05, 0) is 6.42 Å². The van der Waals surface area contributed by atoms with Gasteiger partial charge in [0.05, 0.1) is 6.61 Å². The van der Waals surface area contributed by atoms with Crippen LogP contribution in [0.2, 0.25) is 0 Å². The van der Waals surface area contributed by atoms with E-state index in [2.05, 4.69) is 33.0 Å². The molecule has 2 nitrogen and oxygen atoms in total. The molecule has 0 amide bonds. The molecule has 12 heavy (non-hydrogen) atoms. The van der Waals surface area contributed by atoms with E-state index in [1.165, 1.54) is 0 Å². The second kappa shape index (κ2) is 5.55. The van der Waals surface area contributed by atoms with Crippen molar-refractivity contribution in [3.8, 4) is 0 Å². The minimum absolute atomic E-state index is 0.291. The Bertz CT molecular complexity index is 114. The van der Waals surface area contributed by atoms with Crippen molar-refractivity contribution in [1.29, 1.82) is 0 Å². The Hall–Kier alpha value is -0.0800. The van der Waals surface area contributed by atoms with E-state index < -0.39 is 0 Å². The summed E-state index contributed by atoms with van der Waals surface area (Å²) in [5.41, 5.74) is 0.291. The van der Waals surface area contributed by atoms with Crippen LogP contribution < -0.4 is 5.32 Å². The van der Waals surface area contributed by atoms with E-state index >= 15 is 0 Å². The second-order valence-corrected chi connectivity index (χ2v) is 4.13. The first-order valence-corrected chi connectivity index (χ1v) is 4.76. The van der Waals surface area contributed by atoms with E-state index in [1.807, 2.05) is 0 Å². The standard InChI is InChI=1S/C10H23NO/c1-6-10(4,8-12-5)7-11-9(2)3/h9,11H,6-8H2,1-5H3. The fourth-order valence-electron chi connectivity index (χ4n) is 1.08. The Morgan fingerprint density at radius 3 is 2.33 bits per heavy atom. The SMILES string of the molecule is CCC(C)(CNC(C)C)COC. The number of ether oxygens (including phenoxy) is 1. The van der Waals surface area contributed by atoms with E-state index in [1.54, 1.807) is 7.11 Å². The van der Waals surface area contributed by atoms with Crippen molar-refractivity contribution in [3.05, 3.63) is 0 Å². The molecule has 1 N–H and O–H groups in total.